The lowest BCUT2D eigenvalue weighted by Gasteiger charge is -2.15. The molecule has 1 saturated heterocycles. The first-order valence-electron chi connectivity index (χ1n) is 11.7. The molecule has 0 unspecified atom stereocenters. The van der Waals surface area contributed by atoms with E-state index in [1.165, 1.54) is 69.1 Å². The number of benzene rings is 4. The maximum absolute atomic E-state index is 6.85. The molecule has 0 saturated carbocycles. The van der Waals surface area contributed by atoms with Crippen molar-refractivity contribution in [3.8, 4) is 0 Å². The molecule has 0 spiro atoms. The van der Waals surface area contributed by atoms with Crippen LogP contribution in [0, 0.1) is 13.8 Å². The van der Waals surface area contributed by atoms with Crippen LogP contribution in [0.2, 0.25) is 0 Å². The van der Waals surface area contributed by atoms with Crippen molar-refractivity contribution in [3.05, 3.63) is 71.8 Å². The van der Waals surface area contributed by atoms with Gasteiger partial charge < -0.3 is 8.39 Å². The molecule has 0 atom stereocenters. The summed E-state index contributed by atoms with van der Waals surface area (Å²) in [4.78, 5) is 0. The van der Waals surface area contributed by atoms with Crippen molar-refractivity contribution in [1.29, 1.82) is 0 Å². The van der Waals surface area contributed by atoms with E-state index in [1.54, 1.807) is 0 Å². The standard InChI is InChI=1S/C28H28NO2P/c1-19-17-21-11-5-7-13-23(21)25-26-24-14-8-6-12-22(24)18-20(2)28(26)31-32(30-27(19)25)29-15-9-3-4-10-16-29/h5-8,11-14,17-18H,3-4,9-10,15-16H2,1-2H3. The summed E-state index contributed by atoms with van der Waals surface area (Å²) in [5.41, 5.74) is 4.30. The number of hydrogen-bond acceptors (Lipinski definition) is 3. The van der Waals surface area contributed by atoms with Crippen LogP contribution in [0.5, 0.6) is 0 Å². The van der Waals surface area contributed by atoms with Crippen LogP contribution in [0.4, 0.5) is 0 Å². The zero-order valence-electron chi connectivity index (χ0n) is 18.7. The molecule has 0 aliphatic carbocycles. The normalized spacial score (nSPS) is 15.6. The maximum Gasteiger partial charge on any atom is 0.309 e. The van der Waals surface area contributed by atoms with Crippen LogP contribution >= 0.6 is 8.16 Å². The largest absolute Gasteiger partial charge is 0.407 e. The fourth-order valence-electron chi connectivity index (χ4n) is 5.18. The summed E-state index contributed by atoms with van der Waals surface area (Å²) in [5.74, 6) is 0. The third kappa shape index (κ3) is 3.23. The predicted octanol–water partition coefficient (Wildman–Crippen LogP) is 8.73. The molecule has 1 aliphatic rings. The fraction of sp³-hybridized carbons (Fsp3) is 0.286. The summed E-state index contributed by atoms with van der Waals surface area (Å²) in [6, 6.07) is 21.8. The van der Waals surface area contributed by atoms with Gasteiger partial charge in [-0.05, 0) is 71.5 Å². The van der Waals surface area contributed by atoms with Crippen LogP contribution in [-0.4, -0.2) is 13.1 Å². The van der Waals surface area contributed by atoms with Crippen LogP contribution in [0.15, 0.2) is 69.1 Å². The highest BCUT2D eigenvalue weighted by atomic mass is 31.1. The molecule has 0 N–H and O–H groups in total. The van der Waals surface area contributed by atoms with E-state index in [9.17, 15) is 0 Å². The summed E-state index contributed by atoms with van der Waals surface area (Å²) >= 11 is 0. The highest BCUT2D eigenvalue weighted by molar-refractivity contribution is 7.39. The van der Waals surface area contributed by atoms with E-state index >= 15 is 0 Å². The van der Waals surface area contributed by atoms with Crippen LogP contribution in [0.1, 0.15) is 36.8 Å². The van der Waals surface area contributed by atoms with Crippen molar-refractivity contribution in [2.75, 3.05) is 17.8 Å². The van der Waals surface area contributed by atoms with E-state index in [2.05, 4.69) is 79.2 Å². The Morgan fingerprint density at radius 3 is 1.62 bits per heavy atom. The first-order valence-corrected chi connectivity index (χ1v) is 12.8. The molecule has 32 heavy (non-hydrogen) atoms. The minimum atomic E-state index is -1.22. The Balaban J connectivity index is 1.87. The van der Waals surface area contributed by atoms with Gasteiger partial charge in [-0.15, -0.1) is 0 Å². The lowest BCUT2D eigenvalue weighted by Crippen LogP contribution is -2.20. The molecule has 4 aromatic carbocycles. The summed E-state index contributed by atoms with van der Waals surface area (Å²) in [6.07, 6.45) is 5.00. The maximum atomic E-state index is 6.85. The second-order valence-electron chi connectivity index (χ2n) is 9.03. The van der Waals surface area contributed by atoms with Crippen molar-refractivity contribution in [3.63, 3.8) is 0 Å². The molecule has 5 aromatic rings. The Bertz CT molecular complexity index is 1410. The molecule has 0 bridgehead atoms. The Hall–Kier alpha value is -2.74. The van der Waals surface area contributed by atoms with E-state index in [-0.39, 0.29) is 0 Å². The van der Waals surface area contributed by atoms with Gasteiger partial charge in [0.2, 0.25) is 0 Å². The number of nitrogens with zero attached hydrogens (tertiary/aromatic N) is 1. The van der Waals surface area contributed by atoms with Crippen LogP contribution < -0.4 is 4.67 Å². The quantitative estimate of drug-likeness (QED) is 0.260. The highest BCUT2D eigenvalue weighted by Gasteiger charge is 2.20. The number of rotatable bonds is 1. The third-order valence-electron chi connectivity index (χ3n) is 6.78. The van der Waals surface area contributed by atoms with Gasteiger partial charge in [-0.3, -0.25) is 0 Å². The van der Waals surface area contributed by atoms with Gasteiger partial charge in [0.15, 0.2) is 0 Å². The van der Waals surface area contributed by atoms with E-state index in [4.69, 9.17) is 8.39 Å². The molecule has 6 rings (SSSR count). The molecule has 4 heteroatoms. The average Bonchev–Trinajstić information content (AvgIpc) is 3.18. The lowest BCUT2D eigenvalue weighted by molar-refractivity contribution is 0.617. The van der Waals surface area contributed by atoms with Gasteiger partial charge in [0.25, 0.3) is 0 Å². The van der Waals surface area contributed by atoms with Crippen molar-refractivity contribution in [2.24, 2.45) is 0 Å². The number of hydrogen-bond donors (Lipinski definition) is 0. The van der Waals surface area contributed by atoms with Crippen molar-refractivity contribution in [1.82, 2.24) is 0 Å². The Morgan fingerprint density at radius 2 is 1.12 bits per heavy atom. The van der Waals surface area contributed by atoms with Gasteiger partial charge in [-0.1, -0.05) is 61.4 Å². The molecule has 0 amide bonds. The Labute approximate surface area is 189 Å². The first-order chi connectivity index (χ1) is 15.7. The fourth-order valence-corrected chi connectivity index (χ4v) is 6.84. The monoisotopic (exact) mass is 441 g/mol. The van der Waals surface area contributed by atoms with E-state index in [1.807, 2.05) is 0 Å². The smallest absolute Gasteiger partial charge is 0.309 e. The van der Waals surface area contributed by atoms with Crippen LogP contribution in [0.3, 0.4) is 0 Å². The van der Waals surface area contributed by atoms with Crippen molar-refractivity contribution >= 4 is 51.6 Å². The van der Waals surface area contributed by atoms with Crippen molar-refractivity contribution < 1.29 is 8.39 Å². The molecule has 1 aliphatic heterocycles. The topological polar surface area (TPSA) is 29.5 Å². The SMILES string of the molecule is Cc1cc2ccccc2c2c1op(N1CCCCCC1)oc1c(C)cc3ccccc3c12. The zero-order valence-corrected chi connectivity index (χ0v) is 19.6. The summed E-state index contributed by atoms with van der Waals surface area (Å²) in [6.45, 7) is 6.42. The Kier molecular flexibility index (Phi) is 4.97. The van der Waals surface area contributed by atoms with Gasteiger partial charge in [0.05, 0.1) is 0 Å². The molecular formula is C28H28NO2P. The molecule has 2 heterocycles. The highest BCUT2D eigenvalue weighted by Crippen LogP contribution is 2.44. The second-order valence-corrected chi connectivity index (χ2v) is 10.4. The molecular weight excluding hydrogens is 413 g/mol. The van der Waals surface area contributed by atoms with Gasteiger partial charge in [-0.25, -0.2) is 4.67 Å². The molecule has 162 valence electrons. The van der Waals surface area contributed by atoms with Crippen molar-refractivity contribution in [2.45, 2.75) is 39.5 Å². The molecule has 0 radical (unpaired) electrons. The van der Waals surface area contributed by atoms with Gasteiger partial charge in [-0.2, -0.15) is 0 Å². The van der Waals surface area contributed by atoms with Crippen LogP contribution in [0.25, 0.3) is 43.5 Å². The van der Waals surface area contributed by atoms with Crippen LogP contribution in [-0.2, 0) is 0 Å². The number of aryl methyl sites for hydroxylation is 2. The lowest BCUT2D eigenvalue weighted by atomic mass is 9.95. The minimum Gasteiger partial charge on any atom is -0.407 e. The Morgan fingerprint density at radius 1 is 0.656 bits per heavy atom. The molecule has 1 aromatic heterocycles. The van der Waals surface area contributed by atoms with Gasteiger partial charge >= 0.3 is 8.16 Å². The molecule has 1 fully saturated rings. The minimum absolute atomic E-state index is 0.980. The van der Waals surface area contributed by atoms with E-state index in [0.29, 0.717) is 0 Å². The first kappa shape index (κ1) is 19.9. The summed E-state index contributed by atoms with van der Waals surface area (Å²) < 4.78 is 16.1. The van der Waals surface area contributed by atoms with Gasteiger partial charge in [0, 0.05) is 23.9 Å². The van der Waals surface area contributed by atoms with E-state index in [0.717, 1.165) is 24.3 Å². The molecule has 3 nitrogen and oxygen atoms in total. The zero-order chi connectivity index (χ0) is 21.7. The average molecular weight is 442 g/mol. The predicted molar refractivity (Wildman–Crippen MR) is 137 cm³/mol. The van der Waals surface area contributed by atoms with Gasteiger partial charge in [0.1, 0.15) is 11.2 Å². The third-order valence-corrected chi connectivity index (χ3v) is 8.32. The second kappa shape index (κ2) is 7.99. The number of fused-ring (bicyclic) bond motifs is 7. The van der Waals surface area contributed by atoms with E-state index < -0.39 is 8.16 Å². The summed E-state index contributed by atoms with van der Waals surface area (Å²) in [7, 11) is -1.22. The summed E-state index contributed by atoms with van der Waals surface area (Å²) in [5, 5.41) is 7.28.